The van der Waals surface area contributed by atoms with Gasteiger partial charge in [0.25, 0.3) is 0 Å². The second kappa shape index (κ2) is 16.5. The third-order valence-electron chi connectivity index (χ3n) is 3.57. The number of benzene rings is 1. The average molecular weight is 351 g/mol. The van der Waals surface area contributed by atoms with Crippen molar-refractivity contribution in [1.29, 1.82) is 0 Å². The number of carbonyl (C=O) groups is 2. The van der Waals surface area contributed by atoms with E-state index in [1.54, 1.807) is 0 Å². The van der Waals surface area contributed by atoms with E-state index in [0.29, 0.717) is 17.9 Å². The normalized spacial score (nSPS) is 16.4. The third-order valence-corrected chi connectivity index (χ3v) is 3.57. The summed E-state index contributed by atoms with van der Waals surface area (Å²) in [7, 11) is 5.80. The van der Waals surface area contributed by atoms with Gasteiger partial charge in [-0.05, 0) is 32.1 Å². The number of hydrogen-bond donors (Lipinski definition) is 3. The molecule has 0 saturated carbocycles. The fraction of sp³-hybridized carbons (Fsp3) is 0.474. The van der Waals surface area contributed by atoms with E-state index in [4.69, 9.17) is 10.5 Å². The van der Waals surface area contributed by atoms with E-state index in [1.165, 1.54) is 0 Å². The molecule has 25 heavy (non-hydrogen) atoms. The van der Waals surface area contributed by atoms with Gasteiger partial charge in [0.2, 0.25) is 0 Å². The Morgan fingerprint density at radius 3 is 2.12 bits per heavy atom. The molecule has 0 radical (unpaired) electrons. The number of aldehydes is 1. The molecule has 1 fully saturated rings. The number of carbonyl (C=O) groups excluding carboxylic acids is 2. The minimum atomic E-state index is 0.336. The molecule has 1 unspecified atom stereocenters. The molecular formula is C19H34N4O2. The Morgan fingerprint density at radius 1 is 1.24 bits per heavy atom. The van der Waals surface area contributed by atoms with Gasteiger partial charge in [-0.15, -0.1) is 0 Å². The summed E-state index contributed by atoms with van der Waals surface area (Å²) in [5.41, 5.74) is 7.97. The van der Waals surface area contributed by atoms with Crippen LogP contribution in [-0.2, 0) is 9.59 Å². The number of allylic oxidation sites excluding steroid dienone is 1. The van der Waals surface area contributed by atoms with Gasteiger partial charge in [0.15, 0.2) is 6.29 Å². The molecule has 142 valence electrons. The van der Waals surface area contributed by atoms with Crippen LogP contribution in [0.4, 0.5) is 5.69 Å². The SMILES string of the molecule is C=O.CC.CN/C(=C(/N)C=O)C1CCN(C)C1.CNc1ccccc1. The molecule has 2 rings (SSSR count). The maximum absolute atomic E-state index is 10.5. The molecular weight excluding hydrogens is 316 g/mol. The van der Waals surface area contributed by atoms with Crippen LogP contribution >= 0.6 is 0 Å². The van der Waals surface area contributed by atoms with Crippen molar-refractivity contribution in [3.63, 3.8) is 0 Å². The summed E-state index contributed by atoms with van der Waals surface area (Å²) >= 11 is 0. The number of likely N-dealkylation sites (tertiary alicyclic amines) is 1. The van der Waals surface area contributed by atoms with Gasteiger partial charge in [0, 0.05) is 37.9 Å². The Balaban J connectivity index is 0. The standard InChI is InChI=1S/C9H17N3O.C7H9N.C2H6.CH2O/c1-11-9(8(10)6-13)7-3-4-12(2)5-7;1-8-7-5-3-2-4-6-7;2*1-2/h6-7,11H,3-5,10H2,1-2H3;2-6,8H,1H3;1-2H3;1H2/b9-8+;;;. The summed E-state index contributed by atoms with van der Waals surface area (Å²) in [5, 5.41) is 6.04. The zero-order chi connectivity index (χ0) is 19.7. The molecule has 0 spiro atoms. The molecule has 0 aromatic heterocycles. The third kappa shape index (κ3) is 10.2. The van der Waals surface area contributed by atoms with Gasteiger partial charge in [-0.25, -0.2) is 0 Å². The fourth-order valence-corrected chi connectivity index (χ4v) is 2.42. The van der Waals surface area contributed by atoms with Crippen molar-refractivity contribution in [2.24, 2.45) is 11.7 Å². The summed E-state index contributed by atoms with van der Waals surface area (Å²) in [5.74, 6) is 0.389. The molecule has 4 N–H and O–H groups in total. The lowest BCUT2D eigenvalue weighted by Gasteiger charge is -2.15. The van der Waals surface area contributed by atoms with Crippen LogP contribution in [0.15, 0.2) is 41.7 Å². The smallest absolute Gasteiger partial charge is 0.167 e. The summed E-state index contributed by atoms with van der Waals surface area (Å²) in [6, 6.07) is 10.1. The summed E-state index contributed by atoms with van der Waals surface area (Å²) in [6.45, 7) is 8.05. The van der Waals surface area contributed by atoms with E-state index in [9.17, 15) is 4.79 Å². The topological polar surface area (TPSA) is 87.5 Å². The highest BCUT2D eigenvalue weighted by molar-refractivity contribution is 5.73. The molecule has 0 aliphatic carbocycles. The van der Waals surface area contributed by atoms with Crippen LogP contribution in [0.5, 0.6) is 0 Å². The number of nitrogens with two attached hydrogens (primary N) is 1. The summed E-state index contributed by atoms with van der Waals surface area (Å²) in [6.07, 6.45) is 1.78. The van der Waals surface area contributed by atoms with E-state index in [2.05, 4.69) is 22.6 Å². The predicted octanol–water partition coefficient (Wildman–Crippen LogP) is 2.10. The van der Waals surface area contributed by atoms with Gasteiger partial charge in [-0.2, -0.15) is 0 Å². The molecule has 1 aromatic rings. The zero-order valence-corrected chi connectivity index (χ0v) is 16.2. The van der Waals surface area contributed by atoms with Crippen molar-refractivity contribution >= 4 is 18.8 Å². The first-order chi connectivity index (χ1) is 12.1. The van der Waals surface area contributed by atoms with Crippen LogP contribution in [0, 0.1) is 5.92 Å². The molecule has 0 bridgehead atoms. The summed E-state index contributed by atoms with van der Waals surface area (Å²) < 4.78 is 0. The molecule has 1 saturated heterocycles. The first-order valence-electron chi connectivity index (χ1n) is 8.45. The van der Waals surface area contributed by atoms with Crippen LogP contribution in [0.25, 0.3) is 0 Å². The molecule has 1 aromatic carbocycles. The van der Waals surface area contributed by atoms with Crippen molar-refractivity contribution in [2.75, 3.05) is 39.5 Å². The van der Waals surface area contributed by atoms with E-state index in [-0.39, 0.29) is 0 Å². The maximum Gasteiger partial charge on any atom is 0.167 e. The lowest BCUT2D eigenvalue weighted by Crippen LogP contribution is -2.24. The number of hydrogen-bond acceptors (Lipinski definition) is 6. The molecule has 6 nitrogen and oxygen atoms in total. The molecule has 1 aliphatic rings. The maximum atomic E-state index is 10.5. The van der Waals surface area contributed by atoms with Crippen LogP contribution in [0.3, 0.4) is 0 Å². The second-order valence-electron chi connectivity index (χ2n) is 5.10. The van der Waals surface area contributed by atoms with E-state index < -0.39 is 0 Å². The monoisotopic (exact) mass is 350 g/mol. The van der Waals surface area contributed by atoms with Crippen LogP contribution in [0.1, 0.15) is 20.3 Å². The molecule has 0 amide bonds. The minimum absolute atomic E-state index is 0.336. The first-order valence-corrected chi connectivity index (χ1v) is 8.45. The Labute approximate surface area is 152 Å². The van der Waals surface area contributed by atoms with Gasteiger partial charge in [0.1, 0.15) is 6.79 Å². The summed E-state index contributed by atoms with van der Waals surface area (Å²) in [4.78, 5) is 20.7. The van der Waals surface area contributed by atoms with Gasteiger partial charge >= 0.3 is 0 Å². The largest absolute Gasteiger partial charge is 0.395 e. The lowest BCUT2D eigenvalue weighted by molar-refractivity contribution is -0.105. The lowest BCUT2D eigenvalue weighted by atomic mass is 10.0. The predicted molar refractivity (Wildman–Crippen MR) is 106 cm³/mol. The van der Waals surface area contributed by atoms with Crippen molar-refractivity contribution in [3.05, 3.63) is 41.7 Å². The van der Waals surface area contributed by atoms with Crippen molar-refractivity contribution in [2.45, 2.75) is 20.3 Å². The highest BCUT2D eigenvalue weighted by Gasteiger charge is 2.24. The van der Waals surface area contributed by atoms with Gasteiger partial charge in [0.05, 0.1) is 5.70 Å². The number of anilines is 1. The van der Waals surface area contributed by atoms with Gasteiger partial charge in [-0.3, -0.25) is 4.79 Å². The quantitative estimate of drug-likeness (QED) is 0.569. The van der Waals surface area contributed by atoms with E-state index >= 15 is 0 Å². The van der Waals surface area contributed by atoms with Gasteiger partial charge < -0.3 is 26.1 Å². The second-order valence-corrected chi connectivity index (χ2v) is 5.10. The van der Waals surface area contributed by atoms with E-state index in [0.717, 1.165) is 30.9 Å². The number of nitrogens with zero attached hydrogens (tertiary/aromatic N) is 1. The number of rotatable bonds is 4. The Morgan fingerprint density at radius 2 is 1.80 bits per heavy atom. The Kier molecular flexibility index (Phi) is 16.5. The Hall–Kier alpha value is -2.34. The first kappa shape index (κ1) is 24.9. The highest BCUT2D eigenvalue weighted by Crippen LogP contribution is 2.21. The molecule has 1 heterocycles. The average Bonchev–Trinajstić information content (AvgIpc) is 3.12. The number of nitrogens with one attached hydrogen (secondary N) is 2. The molecule has 6 heteroatoms. The minimum Gasteiger partial charge on any atom is -0.395 e. The van der Waals surface area contributed by atoms with Crippen molar-refractivity contribution < 1.29 is 9.59 Å². The van der Waals surface area contributed by atoms with Crippen molar-refractivity contribution in [1.82, 2.24) is 10.2 Å². The van der Waals surface area contributed by atoms with Crippen LogP contribution < -0.4 is 16.4 Å². The van der Waals surface area contributed by atoms with E-state index in [1.807, 2.05) is 65.1 Å². The molecule has 1 aliphatic heterocycles. The zero-order valence-electron chi connectivity index (χ0n) is 16.2. The highest BCUT2D eigenvalue weighted by atomic mass is 16.1. The van der Waals surface area contributed by atoms with Crippen molar-refractivity contribution in [3.8, 4) is 0 Å². The van der Waals surface area contributed by atoms with Gasteiger partial charge in [-0.1, -0.05) is 32.0 Å². The van der Waals surface area contributed by atoms with Crippen LogP contribution in [0.2, 0.25) is 0 Å². The number of para-hydroxylation sites is 1. The van der Waals surface area contributed by atoms with Crippen LogP contribution in [-0.4, -0.2) is 52.2 Å². The fourth-order valence-electron chi connectivity index (χ4n) is 2.42. The Bertz CT molecular complexity index is 478. The molecule has 1 atom stereocenters.